The lowest BCUT2D eigenvalue weighted by Crippen LogP contribution is -2.30. The Morgan fingerprint density at radius 1 is 1.35 bits per heavy atom. The molecule has 3 N–H and O–H groups in total. The summed E-state index contributed by atoms with van der Waals surface area (Å²) < 4.78 is 1.67. The number of hydrogen-bond acceptors (Lipinski definition) is 3. The van der Waals surface area contributed by atoms with Gasteiger partial charge in [0, 0.05) is 13.1 Å². The Balaban J connectivity index is 2.08. The predicted molar refractivity (Wildman–Crippen MR) is 80.4 cm³/mol. The average Bonchev–Trinajstić information content (AvgIpc) is 2.62. The van der Waals surface area contributed by atoms with Crippen LogP contribution in [0.5, 0.6) is 0 Å². The highest BCUT2D eigenvalue weighted by atomic mass is 16.2. The molecule has 0 aliphatic heterocycles. The highest BCUT2D eigenvalue weighted by Gasteiger charge is 2.64. The van der Waals surface area contributed by atoms with Crippen LogP contribution in [0.15, 0.2) is 0 Å². The molecule has 1 aliphatic rings. The predicted octanol–water partition coefficient (Wildman–Crippen LogP) is 2.21. The summed E-state index contributed by atoms with van der Waals surface area (Å²) in [6.07, 6.45) is 0. The number of carbonyl (C=O) groups is 1. The molecule has 20 heavy (non-hydrogen) atoms. The van der Waals surface area contributed by atoms with Gasteiger partial charge in [0.2, 0.25) is 0 Å². The zero-order valence-corrected chi connectivity index (χ0v) is 13.4. The summed E-state index contributed by atoms with van der Waals surface area (Å²) in [5.74, 6) is 0.378. The van der Waals surface area contributed by atoms with Crippen molar-refractivity contribution in [3.8, 4) is 0 Å². The minimum absolute atomic E-state index is 0.122. The van der Waals surface area contributed by atoms with Crippen LogP contribution in [0, 0.1) is 23.7 Å². The van der Waals surface area contributed by atoms with E-state index in [4.69, 9.17) is 5.73 Å². The Hall–Kier alpha value is -1.52. The maximum atomic E-state index is 12.4. The minimum atomic E-state index is -0.122. The van der Waals surface area contributed by atoms with Gasteiger partial charge in [0.15, 0.2) is 0 Å². The van der Waals surface area contributed by atoms with E-state index in [0.29, 0.717) is 36.1 Å². The fourth-order valence-corrected chi connectivity index (χ4v) is 3.19. The molecule has 1 saturated carbocycles. The number of amides is 1. The molecule has 0 radical (unpaired) electrons. The minimum Gasteiger partial charge on any atom is -0.395 e. The molecule has 0 spiro atoms. The van der Waals surface area contributed by atoms with E-state index in [1.165, 1.54) is 0 Å². The molecule has 2 rings (SSSR count). The Labute approximate surface area is 120 Å². The molecule has 1 aromatic heterocycles. The summed E-state index contributed by atoms with van der Waals surface area (Å²) in [7, 11) is 0. The molecule has 5 nitrogen and oxygen atoms in total. The van der Waals surface area contributed by atoms with Crippen LogP contribution < -0.4 is 11.1 Å². The molecule has 0 atom stereocenters. The van der Waals surface area contributed by atoms with Gasteiger partial charge in [-0.25, -0.2) is 0 Å². The standard InChI is InChI=1S/C15H26N4O/c1-7-19-12(11(16)9(2)18-19)13(20)17-8-10-14(3,4)15(10,5)6/h10H,7-8,16H2,1-6H3,(H,17,20). The van der Waals surface area contributed by atoms with Gasteiger partial charge in [-0.2, -0.15) is 5.10 Å². The van der Waals surface area contributed by atoms with E-state index in [1.807, 2.05) is 13.8 Å². The molecular weight excluding hydrogens is 252 g/mol. The van der Waals surface area contributed by atoms with Gasteiger partial charge in [-0.05, 0) is 30.6 Å². The van der Waals surface area contributed by atoms with Crippen LogP contribution in [-0.2, 0) is 6.54 Å². The van der Waals surface area contributed by atoms with Crippen molar-refractivity contribution in [1.29, 1.82) is 0 Å². The summed E-state index contributed by atoms with van der Waals surface area (Å²) in [5.41, 5.74) is 8.19. The maximum Gasteiger partial charge on any atom is 0.271 e. The van der Waals surface area contributed by atoms with Crippen molar-refractivity contribution in [2.24, 2.45) is 16.7 Å². The van der Waals surface area contributed by atoms with Gasteiger partial charge < -0.3 is 11.1 Å². The fourth-order valence-electron chi connectivity index (χ4n) is 3.19. The fraction of sp³-hybridized carbons (Fsp3) is 0.733. The maximum absolute atomic E-state index is 12.4. The number of nitrogens with zero attached hydrogens (tertiary/aromatic N) is 2. The van der Waals surface area contributed by atoms with Gasteiger partial charge in [0.25, 0.3) is 5.91 Å². The van der Waals surface area contributed by atoms with Gasteiger partial charge in [-0.3, -0.25) is 9.48 Å². The number of carbonyl (C=O) groups excluding carboxylic acids is 1. The first-order valence-corrected chi connectivity index (χ1v) is 7.25. The lowest BCUT2D eigenvalue weighted by molar-refractivity contribution is 0.0940. The molecule has 1 amide bonds. The lowest BCUT2D eigenvalue weighted by atomic mass is 10.0. The first kappa shape index (κ1) is 14.9. The van der Waals surface area contributed by atoms with Crippen molar-refractivity contribution in [2.75, 3.05) is 12.3 Å². The largest absolute Gasteiger partial charge is 0.395 e. The van der Waals surface area contributed by atoms with Crippen molar-refractivity contribution in [3.05, 3.63) is 11.4 Å². The normalized spacial score (nSPS) is 19.9. The monoisotopic (exact) mass is 278 g/mol. The SMILES string of the molecule is CCn1nc(C)c(N)c1C(=O)NCC1C(C)(C)C1(C)C. The van der Waals surface area contributed by atoms with E-state index in [0.717, 1.165) is 0 Å². The number of aromatic nitrogens is 2. The van der Waals surface area contributed by atoms with E-state index in [9.17, 15) is 4.79 Å². The Bertz CT molecular complexity index is 528. The van der Waals surface area contributed by atoms with Crippen molar-refractivity contribution in [3.63, 3.8) is 0 Å². The van der Waals surface area contributed by atoms with Crippen LogP contribution in [0.2, 0.25) is 0 Å². The zero-order chi connectivity index (χ0) is 15.3. The second-order valence-corrected chi connectivity index (χ2v) is 6.87. The molecule has 1 aliphatic carbocycles. The summed E-state index contributed by atoms with van der Waals surface area (Å²) >= 11 is 0. The third kappa shape index (κ3) is 2.00. The number of nitrogen functional groups attached to an aromatic ring is 1. The second kappa shape index (κ2) is 4.50. The molecule has 1 heterocycles. The first-order chi connectivity index (χ1) is 9.14. The summed E-state index contributed by atoms with van der Waals surface area (Å²) in [5, 5.41) is 7.30. The number of rotatable bonds is 4. The zero-order valence-electron chi connectivity index (χ0n) is 13.4. The van der Waals surface area contributed by atoms with E-state index in [-0.39, 0.29) is 16.7 Å². The van der Waals surface area contributed by atoms with Gasteiger partial charge in [-0.1, -0.05) is 27.7 Å². The number of aryl methyl sites for hydroxylation is 2. The molecule has 5 heteroatoms. The molecule has 1 fully saturated rings. The third-order valence-corrected chi connectivity index (χ3v) is 5.47. The number of nitrogens with one attached hydrogen (secondary N) is 1. The molecule has 0 aromatic carbocycles. The van der Waals surface area contributed by atoms with E-state index >= 15 is 0 Å². The van der Waals surface area contributed by atoms with Crippen molar-refractivity contribution in [2.45, 2.75) is 48.1 Å². The highest BCUT2D eigenvalue weighted by Crippen LogP contribution is 2.67. The van der Waals surface area contributed by atoms with Crippen molar-refractivity contribution in [1.82, 2.24) is 15.1 Å². The molecule has 0 saturated heterocycles. The van der Waals surface area contributed by atoms with E-state index in [2.05, 4.69) is 38.1 Å². The van der Waals surface area contributed by atoms with E-state index in [1.54, 1.807) is 4.68 Å². The molecule has 0 bridgehead atoms. The van der Waals surface area contributed by atoms with Crippen LogP contribution in [0.4, 0.5) is 5.69 Å². The van der Waals surface area contributed by atoms with E-state index < -0.39 is 0 Å². The quantitative estimate of drug-likeness (QED) is 0.887. The Morgan fingerprint density at radius 2 is 1.90 bits per heavy atom. The van der Waals surface area contributed by atoms with Gasteiger partial charge >= 0.3 is 0 Å². The highest BCUT2D eigenvalue weighted by molar-refractivity contribution is 5.98. The van der Waals surface area contributed by atoms with Crippen LogP contribution in [0.1, 0.15) is 50.8 Å². The number of anilines is 1. The topological polar surface area (TPSA) is 72.9 Å². The van der Waals surface area contributed by atoms with Crippen LogP contribution >= 0.6 is 0 Å². The number of hydrogen-bond donors (Lipinski definition) is 2. The van der Waals surface area contributed by atoms with Gasteiger partial charge in [-0.15, -0.1) is 0 Å². The number of nitrogens with two attached hydrogens (primary N) is 1. The first-order valence-electron chi connectivity index (χ1n) is 7.25. The molecule has 112 valence electrons. The van der Waals surface area contributed by atoms with Crippen molar-refractivity contribution >= 4 is 11.6 Å². The Kier molecular flexibility index (Phi) is 3.35. The van der Waals surface area contributed by atoms with Crippen LogP contribution in [-0.4, -0.2) is 22.2 Å². The van der Waals surface area contributed by atoms with Gasteiger partial charge in [0.05, 0.1) is 11.4 Å². The van der Waals surface area contributed by atoms with Crippen LogP contribution in [0.3, 0.4) is 0 Å². The van der Waals surface area contributed by atoms with Crippen LogP contribution in [0.25, 0.3) is 0 Å². The second-order valence-electron chi connectivity index (χ2n) is 6.87. The Morgan fingerprint density at radius 3 is 2.35 bits per heavy atom. The van der Waals surface area contributed by atoms with Gasteiger partial charge in [0.1, 0.15) is 5.69 Å². The molecular formula is C15H26N4O. The average molecular weight is 278 g/mol. The lowest BCUT2D eigenvalue weighted by Gasteiger charge is -2.08. The smallest absolute Gasteiger partial charge is 0.271 e. The molecule has 1 aromatic rings. The third-order valence-electron chi connectivity index (χ3n) is 5.47. The molecule has 0 unspecified atom stereocenters. The summed E-state index contributed by atoms with van der Waals surface area (Å²) in [6.45, 7) is 14.1. The summed E-state index contributed by atoms with van der Waals surface area (Å²) in [6, 6.07) is 0. The van der Waals surface area contributed by atoms with Crippen molar-refractivity contribution < 1.29 is 4.79 Å². The summed E-state index contributed by atoms with van der Waals surface area (Å²) in [4.78, 5) is 12.4.